The Bertz CT molecular complexity index is 450. The molecule has 1 aliphatic rings. The Balaban J connectivity index is 1.85. The number of rotatable bonds is 4. The molecule has 0 aromatic heterocycles. The minimum absolute atomic E-state index is 0.0180. The van der Waals surface area contributed by atoms with Crippen LogP contribution in [0.5, 0.6) is 5.75 Å². The zero-order chi connectivity index (χ0) is 13.1. The summed E-state index contributed by atoms with van der Waals surface area (Å²) in [5, 5.41) is 10.5. The number of non-ortho nitro benzene ring substituents is 1. The number of esters is 1. The lowest BCUT2D eigenvalue weighted by atomic mass is 9.82. The van der Waals surface area contributed by atoms with E-state index in [2.05, 4.69) is 4.74 Å². The molecule has 0 aliphatic heterocycles. The second-order valence-electron chi connectivity index (χ2n) is 4.18. The van der Waals surface area contributed by atoms with Crippen LogP contribution in [0.25, 0.3) is 0 Å². The van der Waals surface area contributed by atoms with Gasteiger partial charge in [-0.25, -0.2) is 0 Å². The second-order valence-corrected chi connectivity index (χ2v) is 4.18. The molecule has 0 saturated heterocycles. The zero-order valence-electron chi connectivity index (χ0n) is 9.87. The van der Waals surface area contributed by atoms with Crippen molar-refractivity contribution in [2.75, 3.05) is 7.11 Å². The van der Waals surface area contributed by atoms with Crippen molar-refractivity contribution in [3.05, 3.63) is 34.4 Å². The molecule has 1 aliphatic carbocycles. The standard InChI is InChI=1S/C12H13NO5/c1-17-12(14)8-6-11(7-8)18-10-4-2-9(3-5-10)13(15)16/h2-5,8,11H,6-7H2,1H3. The zero-order valence-corrected chi connectivity index (χ0v) is 9.87. The van der Waals surface area contributed by atoms with E-state index in [-0.39, 0.29) is 23.7 Å². The summed E-state index contributed by atoms with van der Waals surface area (Å²) in [6.45, 7) is 0. The van der Waals surface area contributed by atoms with Crippen LogP contribution in [-0.2, 0) is 9.53 Å². The molecule has 0 N–H and O–H groups in total. The number of benzene rings is 1. The highest BCUT2D eigenvalue weighted by molar-refractivity contribution is 5.73. The molecule has 0 unspecified atom stereocenters. The molecular weight excluding hydrogens is 238 g/mol. The highest BCUT2D eigenvalue weighted by Gasteiger charge is 2.36. The number of carbonyl (C=O) groups is 1. The van der Waals surface area contributed by atoms with E-state index in [1.54, 1.807) is 12.1 Å². The van der Waals surface area contributed by atoms with Gasteiger partial charge in [-0.1, -0.05) is 0 Å². The van der Waals surface area contributed by atoms with Crippen LogP contribution in [0.3, 0.4) is 0 Å². The summed E-state index contributed by atoms with van der Waals surface area (Å²) in [7, 11) is 1.37. The Labute approximate surface area is 104 Å². The highest BCUT2D eigenvalue weighted by atomic mass is 16.6. The van der Waals surface area contributed by atoms with Crippen LogP contribution < -0.4 is 4.74 Å². The maximum atomic E-state index is 11.2. The van der Waals surface area contributed by atoms with Gasteiger partial charge in [-0.2, -0.15) is 0 Å². The van der Waals surface area contributed by atoms with E-state index in [4.69, 9.17) is 4.74 Å². The molecule has 18 heavy (non-hydrogen) atoms. The van der Waals surface area contributed by atoms with Gasteiger partial charge in [-0.05, 0) is 25.0 Å². The maximum absolute atomic E-state index is 11.2. The van der Waals surface area contributed by atoms with Crippen molar-refractivity contribution < 1.29 is 19.2 Å². The largest absolute Gasteiger partial charge is 0.490 e. The Hall–Kier alpha value is -2.11. The molecule has 1 aromatic carbocycles. The molecule has 2 rings (SSSR count). The summed E-state index contributed by atoms with van der Waals surface area (Å²) in [6.07, 6.45) is 1.24. The molecule has 1 saturated carbocycles. The second kappa shape index (κ2) is 5.03. The van der Waals surface area contributed by atoms with Crippen LogP contribution in [-0.4, -0.2) is 24.1 Å². The van der Waals surface area contributed by atoms with Crippen molar-refractivity contribution in [1.29, 1.82) is 0 Å². The van der Waals surface area contributed by atoms with E-state index in [0.29, 0.717) is 18.6 Å². The number of ether oxygens (including phenoxy) is 2. The quantitative estimate of drug-likeness (QED) is 0.464. The third-order valence-corrected chi connectivity index (χ3v) is 2.98. The predicted molar refractivity (Wildman–Crippen MR) is 62.3 cm³/mol. The molecule has 1 aromatic rings. The van der Waals surface area contributed by atoms with Crippen LogP contribution in [0, 0.1) is 16.0 Å². The van der Waals surface area contributed by atoms with E-state index in [1.807, 2.05) is 0 Å². The molecule has 0 bridgehead atoms. The Kier molecular flexibility index (Phi) is 3.45. The van der Waals surface area contributed by atoms with Gasteiger partial charge in [0, 0.05) is 12.1 Å². The number of nitrogens with zero attached hydrogens (tertiary/aromatic N) is 1. The first-order valence-electron chi connectivity index (χ1n) is 5.59. The van der Waals surface area contributed by atoms with Gasteiger partial charge < -0.3 is 9.47 Å². The number of methoxy groups -OCH3 is 1. The Morgan fingerprint density at radius 2 is 1.94 bits per heavy atom. The summed E-state index contributed by atoms with van der Waals surface area (Å²) >= 11 is 0. The Morgan fingerprint density at radius 1 is 1.33 bits per heavy atom. The normalized spacial score (nSPS) is 21.8. The molecule has 0 heterocycles. The van der Waals surface area contributed by atoms with E-state index in [1.165, 1.54) is 19.2 Å². The fourth-order valence-electron chi connectivity index (χ4n) is 1.86. The summed E-state index contributed by atoms with van der Waals surface area (Å²) in [5.74, 6) is 0.283. The topological polar surface area (TPSA) is 78.7 Å². The number of hydrogen-bond donors (Lipinski definition) is 0. The van der Waals surface area contributed by atoms with Gasteiger partial charge in [0.2, 0.25) is 0 Å². The van der Waals surface area contributed by atoms with Crippen LogP contribution in [0.2, 0.25) is 0 Å². The first kappa shape index (κ1) is 12.3. The molecule has 0 radical (unpaired) electrons. The van der Waals surface area contributed by atoms with E-state index in [0.717, 1.165) is 0 Å². The third-order valence-electron chi connectivity index (χ3n) is 2.98. The van der Waals surface area contributed by atoms with Crippen LogP contribution >= 0.6 is 0 Å². The summed E-state index contributed by atoms with van der Waals surface area (Å²) in [4.78, 5) is 21.2. The molecule has 6 heteroatoms. The number of carbonyl (C=O) groups excluding carboxylic acids is 1. The molecule has 0 amide bonds. The van der Waals surface area contributed by atoms with Gasteiger partial charge in [-0.3, -0.25) is 14.9 Å². The average molecular weight is 251 g/mol. The van der Waals surface area contributed by atoms with Gasteiger partial charge in [0.05, 0.1) is 18.0 Å². The van der Waals surface area contributed by atoms with Gasteiger partial charge in [0.25, 0.3) is 5.69 Å². The maximum Gasteiger partial charge on any atom is 0.308 e. The van der Waals surface area contributed by atoms with Crippen molar-refractivity contribution in [1.82, 2.24) is 0 Å². The molecule has 0 atom stereocenters. The fourth-order valence-corrected chi connectivity index (χ4v) is 1.86. The van der Waals surface area contributed by atoms with Gasteiger partial charge >= 0.3 is 5.97 Å². The van der Waals surface area contributed by atoms with Gasteiger partial charge in [0.1, 0.15) is 11.9 Å². The first-order chi connectivity index (χ1) is 8.60. The van der Waals surface area contributed by atoms with Crippen LogP contribution in [0.1, 0.15) is 12.8 Å². The Morgan fingerprint density at radius 3 is 2.44 bits per heavy atom. The summed E-state index contributed by atoms with van der Waals surface area (Å²) < 4.78 is 10.2. The molecule has 1 fully saturated rings. The third kappa shape index (κ3) is 2.58. The van der Waals surface area contributed by atoms with Crippen molar-refractivity contribution >= 4 is 11.7 Å². The number of nitro benzene ring substituents is 1. The van der Waals surface area contributed by atoms with E-state index < -0.39 is 4.92 Å². The van der Waals surface area contributed by atoms with Gasteiger partial charge in [-0.15, -0.1) is 0 Å². The van der Waals surface area contributed by atoms with Crippen molar-refractivity contribution in [3.8, 4) is 5.75 Å². The SMILES string of the molecule is COC(=O)C1CC(Oc2ccc([N+](=O)[O-])cc2)C1. The van der Waals surface area contributed by atoms with Crippen molar-refractivity contribution in [2.24, 2.45) is 5.92 Å². The van der Waals surface area contributed by atoms with Gasteiger partial charge in [0.15, 0.2) is 0 Å². The predicted octanol–water partition coefficient (Wildman–Crippen LogP) is 1.93. The lowest BCUT2D eigenvalue weighted by Gasteiger charge is -2.33. The number of nitro groups is 1. The molecule has 6 nitrogen and oxygen atoms in total. The summed E-state index contributed by atoms with van der Waals surface area (Å²) in [5.41, 5.74) is 0.0309. The fraction of sp³-hybridized carbons (Fsp3) is 0.417. The van der Waals surface area contributed by atoms with Crippen LogP contribution in [0.15, 0.2) is 24.3 Å². The summed E-state index contributed by atoms with van der Waals surface area (Å²) in [6, 6.07) is 5.91. The highest BCUT2D eigenvalue weighted by Crippen LogP contribution is 2.32. The lowest BCUT2D eigenvalue weighted by Crippen LogP contribution is -2.38. The first-order valence-corrected chi connectivity index (χ1v) is 5.59. The van der Waals surface area contributed by atoms with Crippen molar-refractivity contribution in [2.45, 2.75) is 18.9 Å². The number of hydrogen-bond acceptors (Lipinski definition) is 5. The minimum Gasteiger partial charge on any atom is -0.490 e. The smallest absolute Gasteiger partial charge is 0.308 e. The van der Waals surface area contributed by atoms with E-state index in [9.17, 15) is 14.9 Å². The monoisotopic (exact) mass is 251 g/mol. The van der Waals surface area contributed by atoms with Crippen molar-refractivity contribution in [3.63, 3.8) is 0 Å². The molecular formula is C12H13NO5. The molecule has 96 valence electrons. The molecule has 0 spiro atoms. The lowest BCUT2D eigenvalue weighted by molar-refractivity contribution is -0.384. The minimum atomic E-state index is -0.458. The van der Waals surface area contributed by atoms with E-state index >= 15 is 0 Å². The average Bonchev–Trinajstić information content (AvgIpc) is 2.33. The van der Waals surface area contributed by atoms with Crippen LogP contribution in [0.4, 0.5) is 5.69 Å².